The first-order chi connectivity index (χ1) is 7.18. The minimum Gasteiger partial charge on any atom is -0.299 e. The molecule has 0 bridgehead atoms. The molecule has 2 nitrogen and oxygen atoms in total. The molecule has 82 valence electrons. The van der Waals surface area contributed by atoms with Crippen molar-refractivity contribution in [1.29, 1.82) is 0 Å². The molecule has 0 unspecified atom stereocenters. The third-order valence-corrected chi connectivity index (χ3v) is 2.94. The van der Waals surface area contributed by atoms with Crippen molar-refractivity contribution < 1.29 is 8.78 Å². The summed E-state index contributed by atoms with van der Waals surface area (Å²) in [5.41, 5.74) is 0.902. The molecule has 0 saturated carbocycles. The van der Waals surface area contributed by atoms with Gasteiger partial charge >= 0.3 is 0 Å². The minimum atomic E-state index is -2.47. The van der Waals surface area contributed by atoms with Crippen LogP contribution in [-0.2, 0) is 0 Å². The van der Waals surface area contributed by atoms with Crippen molar-refractivity contribution in [3.63, 3.8) is 0 Å². The Morgan fingerprint density at radius 2 is 2.27 bits per heavy atom. The van der Waals surface area contributed by atoms with E-state index in [0.717, 1.165) is 24.9 Å². The largest absolute Gasteiger partial charge is 0.299 e. The number of halogens is 2. The van der Waals surface area contributed by atoms with Gasteiger partial charge in [0.25, 0.3) is 6.43 Å². The van der Waals surface area contributed by atoms with Crippen LogP contribution in [0.15, 0.2) is 18.3 Å². The van der Waals surface area contributed by atoms with Gasteiger partial charge in [-0.05, 0) is 38.1 Å². The fourth-order valence-corrected chi connectivity index (χ4v) is 2.07. The van der Waals surface area contributed by atoms with Gasteiger partial charge in [0, 0.05) is 12.2 Å². The lowest BCUT2D eigenvalue weighted by Crippen LogP contribution is -2.17. The van der Waals surface area contributed by atoms with E-state index in [2.05, 4.69) is 16.9 Å². The van der Waals surface area contributed by atoms with E-state index in [1.807, 2.05) is 0 Å². The second-order valence-electron chi connectivity index (χ2n) is 3.96. The monoisotopic (exact) mass is 212 g/mol. The Balaban J connectivity index is 2.16. The second kappa shape index (κ2) is 4.23. The number of nitrogens with zero attached hydrogens (tertiary/aromatic N) is 2. The molecule has 0 N–H and O–H groups in total. The highest BCUT2D eigenvalue weighted by Gasteiger charge is 2.22. The zero-order chi connectivity index (χ0) is 10.8. The Kier molecular flexibility index (Phi) is 2.95. The predicted octanol–water partition coefficient (Wildman–Crippen LogP) is 2.79. The van der Waals surface area contributed by atoms with Crippen LogP contribution in [0, 0.1) is 0 Å². The Morgan fingerprint density at radius 3 is 2.73 bits per heavy atom. The highest BCUT2D eigenvalue weighted by Crippen LogP contribution is 2.30. The summed E-state index contributed by atoms with van der Waals surface area (Å²) < 4.78 is 24.6. The molecule has 1 saturated heterocycles. The standard InChI is InChI=1S/C11H14F2N2/c1-15-6-2-3-10(15)8-4-5-9(11(12)13)14-7-8/h4-5,7,10-11H,2-3,6H2,1H3/t10-/m0/s1. The highest BCUT2D eigenvalue weighted by atomic mass is 19.3. The molecule has 0 aromatic carbocycles. The SMILES string of the molecule is CN1CCC[C@H]1c1ccc(C(F)F)nc1. The quantitative estimate of drug-likeness (QED) is 0.749. The molecule has 1 aliphatic rings. The Labute approximate surface area is 87.9 Å². The van der Waals surface area contributed by atoms with Crippen molar-refractivity contribution in [3.05, 3.63) is 29.6 Å². The number of likely N-dealkylation sites (tertiary alicyclic amines) is 1. The Morgan fingerprint density at radius 1 is 1.47 bits per heavy atom. The lowest BCUT2D eigenvalue weighted by Gasteiger charge is -2.19. The van der Waals surface area contributed by atoms with Gasteiger partial charge in [0.05, 0.1) is 0 Å². The molecular weight excluding hydrogens is 198 g/mol. The lowest BCUT2D eigenvalue weighted by molar-refractivity contribution is 0.146. The lowest BCUT2D eigenvalue weighted by atomic mass is 10.1. The molecule has 1 aliphatic heterocycles. The van der Waals surface area contributed by atoms with Gasteiger partial charge in [-0.2, -0.15) is 0 Å². The van der Waals surface area contributed by atoms with Crippen LogP contribution in [0.1, 0.15) is 36.6 Å². The van der Waals surface area contributed by atoms with E-state index in [0.29, 0.717) is 6.04 Å². The van der Waals surface area contributed by atoms with Crippen LogP contribution in [0.5, 0.6) is 0 Å². The molecule has 2 heterocycles. The average Bonchev–Trinajstić information content (AvgIpc) is 2.65. The molecule has 4 heteroatoms. The van der Waals surface area contributed by atoms with Crippen molar-refractivity contribution in [3.8, 4) is 0 Å². The van der Waals surface area contributed by atoms with Crippen LogP contribution in [0.25, 0.3) is 0 Å². The Bertz CT molecular complexity index is 324. The van der Waals surface area contributed by atoms with Crippen LogP contribution in [0.3, 0.4) is 0 Å². The van der Waals surface area contributed by atoms with Gasteiger partial charge < -0.3 is 0 Å². The third-order valence-electron chi connectivity index (χ3n) is 2.94. The summed E-state index contributed by atoms with van der Waals surface area (Å²) in [6, 6.07) is 3.54. The third kappa shape index (κ3) is 2.15. The summed E-state index contributed by atoms with van der Waals surface area (Å²) in [5.74, 6) is 0. The fraction of sp³-hybridized carbons (Fsp3) is 0.545. The first kappa shape index (κ1) is 10.5. The number of hydrogen-bond acceptors (Lipinski definition) is 2. The van der Waals surface area contributed by atoms with Gasteiger partial charge in [0.1, 0.15) is 5.69 Å². The number of rotatable bonds is 2. The van der Waals surface area contributed by atoms with Gasteiger partial charge in [0.2, 0.25) is 0 Å². The van der Waals surface area contributed by atoms with E-state index in [4.69, 9.17) is 0 Å². The van der Waals surface area contributed by atoms with Gasteiger partial charge in [-0.1, -0.05) is 6.07 Å². The van der Waals surface area contributed by atoms with E-state index in [1.54, 1.807) is 12.3 Å². The van der Waals surface area contributed by atoms with E-state index in [-0.39, 0.29) is 5.69 Å². The molecule has 0 radical (unpaired) electrons. The summed E-state index contributed by atoms with van der Waals surface area (Å²) in [7, 11) is 2.05. The number of hydrogen-bond donors (Lipinski definition) is 0. The smallest absolute Gasteiger partial charge is 0.280 e. The molecule has 2 rings (SSSR count). The molecule has 0 aliphatic carbocycles. The molecular formula is C11H14F2N2. The normalized spacial score (nSPS) is 22.5. The zero-order valence-electron chi connectivity index (χ0n) is 8.66. The van der Waals surface area contributed by atoms with Crippen LogP contribution >= 0.6 is 0 Å². The average molecular weight is 212 g/mol. The summed E-state index contributed by atoms with van der Waals surface area (Å²) in [6.45, 7) is 1.07. The summed E-state index contributed by atoms with van der Waals surface area (Å²) in [6.07, 6.45) is 1.36. The van der Waals surface area contributed by atoms with Crippen molar-refractivity contribution in [1.82, 2.24) is 9.88 Å². The zero-order valence-corrected chi connectivity index (χ0v) is 8.66. The maximum Gasteiger partial charge on any atom is 0.280 e. The summed E-state index contributed by atoms with van der Waals surface area (Å²) >= 11 is 0. The highest BCUT2D eigenvalue weighted by molar-refractivity contribution is 5.19. The predicted molar refractivity (Wildman–Crippen MR) is 53.8 cm³/mol. The van der Waals surface area contributed by atoms with Crippen LogP contribution in [0.4, 0.5) is 8.78 Å². The first-order valence-electron chi connectivity index (χ1n) is 5.12. The molecule has 15 heavy (non-hydrogen) atoms. The molecule has 1 fully saturated rings. The van der Waals surface area contributed by atoms with Crippen molar-refractivity contribution in [2.45, 2.75) is 25.3 Å². The van der Waals surface area contributed by atoms with Crippen molar-refractivity contribution in [2.75, 3.05) is 13.6 Å². The van der Waals surface area contributed by atoms with E-state index in [9.17, 15) is 8.78 Å². The van der Waals surface area contributed by atoms with Gasteiger partial charge in [0.15, 0.2) is 0 Å². The van der Waals surface area contributed by atoms with E-state index >= 15 is 0 Å². The molecule has 1 atom stereocenters. The topological polar surface area (TPSA) is 16.1 Å². The fourth-order valence-electron chi connectivity index (χ4n) is 2.07. The molecule has 1 aromatic rings. The Hall–Kier alpha value is -1.03. The number of alkyl halides is 2. The van der Waals surface area contributed by atoms with Gasteiger partial charge in [-0.15, -0.1) is 0 Å². The van der Waals surface area contributed by atoms with Gasteiger partial charge in [-0.3, -0.25) is 9.88 Å². The van der Waals surface area contributed by atoms with Crippen LogP contribution in [-0.4, -0.2) is 23.5 Å². The molecule has 1 aromatic heterocycles. The summed E-state index contributed by atoms with van der Waals surface area (Å²) in [4.78, 5) is 6.02. The van der Waals surface area contributed by atoms with Gasteiger partial charge in [-0.25, -0.2) is 8.78 Å². The maximum absolute atomic E-state index is 12.3. The van der Waals surface area contributed by atoms with Crippen LogP contribution < -0.4 is 0 Å². The van der Waals surface area contributed by atoms with Crippen LogP contribution in [0.2, 0.25) is 0 Å². The van der Waals surface area contributed by atoms with Crippen molar-refractivity contribution in [2.24, 2.45) is 0 Å². The number of aromatic nitrogens is 1. The van der Waals surface area contributed by atoms with E-state index < -0.39 is 6.43 Å². The summed E-state index contributed by atoms with van der Waals surface area (Å²) in [5, 5.41) is 0. The maximum atomic E-state index is 12.3. The number of pyridine rings is 1. The second-order valence-corrected chi connectivity index (χ2v) is 3.96. The first-order valence-corrected chi connectivity index (χ1v) is 5.12. The molecule has 0 amide bonds. The molecule has 0 spiro atoms. The van der Waals surface area contributed by atoms with E-state index in [1.165, 1.54) is 6.07 Å². The minimum absolute atomic E-state index is 0.139. The van der Waals surface area contributed by atoms with Crippen molar-refractivity contribution >= 4 is 0 Å².